The van der Waals surface area contributed by atoms with Gasteiger partial charge in [0.2, 0.25) is 0 Å². The topological polar surface area (TPSA) is 71.1 Å². The zero-order chi connectivity index (χ0) is 35.7. The van der Waals surface area contributed by atoms with Gasteiger partial charge in [-0.05, 0) is 47.0 Å². The predicted octanol–water partition coefficient (Wildman–Crippen LogP) is 6.90. The highest BCUT2D eigenvalue weighted by Crippen LogP contribution is 2.53. The van der Waals surface area contributed by atoms with Crippen LogP contribution >= 0.6 is 0 Å². The lowest BCUT2D eigenvalue weighted by Gasteiger charge is -2.59. The van der Waals surface area contributed by atoms with Crippen LogP contribution < -0.4 is 10.9 Å². The molecule has 52 heavy (non-hydrogen) atoms. The molecule has 2 heterocycles. The van der Waals surface area contributed by atoms with Gasteiger partial charge in [-0.1, -0.05) is 170 Å². The molecule has 2 fully saturated rings. The molecular weight excluding hydrogens is 646 g/mol. The van der Waals surface area contributed by atoms with Crippen LogP contribution in [-0.2, 0) is 29.8 Å². The predicted molar refractivity (Wildman–Crippen MR) is 203 cm³/mol. The van der Waals surface area contributed by atoms with Crippen molar-refractivity contribution in [3.05, 3.63) is 203 Å². The average Bonchev–Trinajstić information content (AvgIpc) is 3.21. The summed E-state index contributed by atoms with van der Waals surface area (Å²) in [5.74, 6) is -0.0488. The molecule has 8 heteroatoms. The number of fused-ring (bicyclic) bond motifs is 1. The van der Waals surface area contributed by atoms with Crippen LogP contribution in [0.25, 0.3) is 0 Å². The Morgan fingerprint density at radius 2 is 0.692 bits per heavy atom. The van der Waals surface area contributed by atoms with E-state index in [0.717, 1.165) is 33.2 Å². The molecule has 6 aromatic rings. The summed E-state index contributed by atoms with van der Waals surface area (Å²) in [5, 5.41) is 0. The molecule has 2 aliphatic heterocycles. The normalized spacial score (nSPS) is 19.0. The van der Waals surface area contributed by atoms with E-state index in [9.17, 15) is 9.59 Å². The van der Waals surface area contributed by atoms with Gasteiger partial charge in [-0.25, -0.2) is 0 Å². The van der Waals surface area contributed by atoms with Crippen LogP contribution in [-0.4, -0.2) is 38.0 Å². The van der Waals surface area contributed by atoms with Crippen LogP contribution in [0, 0.1) is 0 Å². The fourth-order valence-electron chi connectivity index (χ4n) is 7.60. The molecule has 8 rings (SSSR count). The van der Waals surface area contributed by atoms with Crippen molar-refractivity contribution in [2.45, 2.75) is 37.3 Å². The van der Waals surface area contributed by atoms with E-state index in [1.165, 1.54) is 0 Å². The number of benzene rings is 6. The highest BCUT2D eigenvalue weighted by atomic mass is 16.7. The second-order valence-electron chi connectivity index (χ2n) is 13.3. The van der Waals surface area contributed by atoms with E-state index in [2.05, 4.69) is 48.5 Å². The number of hydrogen-bond donors (Lipinski definition) is 0. The van der Waals surface area contributed by atoms with Gasteiger partial charge in [-0.3, -0.25) is 9.59 Å². The Morgan fingerprint density at radius 3 is 0.942 bits per heavy atom. The summed E-state index contributed by atoms with van der Waals surface area (Å²) in [5.41, 5.74) is 3.78. The molecule has 2 aliphatic rings. The molecule has 0 aromatic heterocycles. The van der Waals surface area contributed by atoms with Gasteiger partial charge in [0.1, 0.15) is 23.4 Å². The summed E-state index contributed by atoms with van der Waals surface area (Å²) >= 11 is 0. The average molecular weight is 682 g/mol. The Balaban J connectivity index is 1.42. The lowest BCUT2D eigenvalue weighted by atomic mass is 9.62. The number of carbonyl (C=O) groups is 2. The minimum Gasteiger partial charge on any atom is -0.398 e. The van der Waals surface area contributed by atoms with Gasteiger partial charge in [0.05, 0.1) is 0 Å². The Labute approximate surface area is 304 Å². The van der Waals surface area contributed by atoms with Crippen molar-refractivity contribution >= 4 is 36.7 Å². The molecule has 0 N–H and O–H groups in total. The van der Waals surface area contributed by atoms with Crippen molar-refractivity contribution in [1.29, 1.82) is 0 Å². The van der Waals surface area contributed by atoms with Gasteiger partial charge in [0.15, 0.2) is 11.6 Å². The van der Waals surface area contributed by atoms with Gasteiger partial charge in [0.25, 0.3) is 0 Å². The van der Waals surface area contributed by atoms with Crippen LogP contribution in [0.15, 0.2) is 170 Å². The summed E-state index contributed by atoms with van der Waals surface area (Å²) in [7, 11) is -1.79. The first-order valence-corrected chi connectivity index (χ1v) is 17.5. The first kappa shape index (κ1) is 33.8. The fraction of sp³-hybridized carbons (Fsp3) is 0.136. The molecule has 0 unspecified atom stereocenters. The van der Waals surface area contributed by atoms with Gasteiger partial charge in [-0.15, -0.1) is 0 Å². The van der Waals surface area contributed by atoms with Crippen molar-refractivity contribution in [3.63, 3.8) is 0 Å². The molecule has 2 saturated heterocycles. The summed E-state index contributed by atoms with van der Waals surface area (Å²) in [6, 6.07) is 55.2. The van der Waals surface area contributed by atoms with Crippen LogP contribution in [0.2, 0.25) is 0 Å². The van der Waals surface area contributed by atoms with Crippen molar-refractivity contribution in [3.8, 4) is 0 Å². The standard InChI is InChI=1S/C44H36B2O6/c1-31(47)33-23-27-39(28-24-33)45-49-41-42(43(51-45,35-15-7-3-8-16-35)36-17-9-4-10-18-36)50-46(40-29-25-34(26-30-40)32(2)48)52-44(41,37-19-11-5-12-20-37)38-21-13-6-14-22-38/h3-30,41-42H,1-2H3/t41-,42-/m1/s1. The first-order valence-electron chi connectivity index (χ1n) is 17.5. The van der Waals surface area contributed by atoms with Crippen LogP contribution in [0.5, 0.6) is 0 Å². The van der Waals surface area contributed by atoms with E-state index in [1.54, 1.807) is 38.1 Å². The fourth-order valence-corrected chi connectivity index (χ4v) is 7.60. The second-order valence-corrected chi connectivity index (χ2v) is 13.3. The molecule has 6 nitrogen and oxygen atoms in total. The van der Waals surface area contributed by atoms with Crippen LogP contribution in [0.4, 0.5) is 0 Å². The zero-order valence-corrected chi connectivity index (χ0v) is 28.9. The van der Waals surface area contributed by atoms with E-state index >= 15 is 0 Å². The Morgan fingerprint density at radius 1 is 0.423 bits per heavy atom. The van der Waals surface area contributed by atoms with Gasteiger partial charge >= 0.3 is 14.2 Å². The first-order chi connectivity index (χ1) is 25.4. The third-order valence-corrected chi connectivity index (χ3v) is 10.2. The minimum atomic E-state index is -1.22. The van der Waals surface area contributed by atoms with Crippen LogP contribution in [0.3, 0.4) is 0 Å². The molecule has 0 bridgehead atoms. The second kappa shape index (κ2) is 14.0. The Kier molecular flexibility index (Phi) is 9.08. The quantitative estimate of drug-likeness (QED) is 0.129. The van der Waals surface area contributed by atoms with Crippen LogP contribution in [0.1, 0.15) is 56.8 Å². The summed E-state index contributed by atoms with van der Waals surface area (Å²) < 4.78 is 29.2. The van der Waals surface area contributed by atoms with E-state index < -0.39 is 37.6 Å². The maximum absolute atomic E-state index is 12.3. The number of ketones is 2. The molecule has 0 aliphatic carbocycles. The van der Waals surface area contributed by atoms with Crippen molar-refractivity contribution in [2.75, 3.05) is 0 Å². The Hall–Kier alpha value is -5.37. The number of hydrogen-bond acceptors (Lipinski definition) is 6. The molecule has 0 spiro atoms. The highest BCUT2D eigenvalue weighted by Gasteiger charge is 2.66. The maximum Gasteiger partial charge on any atom is 0.495 e. The summed E-state index contributed by atoms with van der Waals surface area (Å²) in [6.45, 7) is 3.11. The smallest absolute Gasteiger partial charge is 0.398 e. The van der Waals surface area contributed by atoms with E-state index in [-0.39, 0.29) is 11.6 Å². The molecule has 0 radical (unpaired) electrons. The third-order valence-electron chi connectivity index (χ3n) is 10.2. The van der Waals surface area contributed by atoms with Gasteiger partial charge in [-0.2, -0.15) is 0 Å². The van der Waals surface area contributed by atoms with E-state index in [1.807, 2.05) is 97.1 Å². The number of rotatable bonds is 8. The lowest BCUT2D eigenvalue weighted by molar-refractivity contribution is -0.210. The maximum atomic E-state index is 12.3. The molecule has 0 amide bonds. The van der Waals surface area contributed by atoms with Gasteiger partial charge < -0.3 is 18.6 Å². The molecule has 2 atom stereocenters. The van der Waals surface area contributed by atoms with Crippen molar-refractivity contribution in [2.24, 2.45) is 0 Å². The molecule has 254 valence electrons. The molecule has 0 saturated carbocycles. The lowest BCUT2D eigenvalue weighted by Crippen LogP contribution is -2.73. The van der Waals surface area contributed by atoms with Gasteiger partial charge in [0, 0.05) is 11.1 Å². The van der Waals surface area contributed by atoms with Crippen molar-refractivity contribution < 1.29 is 28.2 Å². The van der Waals surface area contributed by atoms with E-state index in [0.29, 0.717) is 11.1 Å². The van der Waals surface area contributed by atoms with Crippen molar-refractivity contribution in [1.82, 2.24) is 0 Å². The van der Waals surface area contributed by atoms with E-state index in [4.69, 9.17) is 18.6 Å². The zero-order valence-electron chi connectivity index (χ0n) is 28.9. The number of carbonyl (C=O) groups excluding carboxylic acids is 2. The SMILES string of the molecule is CC(=O)c1ccc(B2O[C@@H]3[C@@H](OB(c4ccc(C(C)=O)cc4)OC3(c3ccccc3)c3ccccc3)C(c3ccccc3)(c3ccccc3)O2)cc1. The third kappa shape index (κ3) is 5.84. The number of Topliss-reactive ketones (excluding diaryl/α,β-unsaturated/α-hetero) is 2. The largest absolute Gasteiger partial charge is 0.495 e. The summed E-state index contributed by atoms with van der Waals surface area (Å²) in [6.07, 6.45) is -1.56. The molecular formula is C44H36B2O6. The monoisotopic (exact) mass is 682 g/mol. The Bertz CT molecular complexity index is 1920. The molecule has 6 aromatic carbocycles. The highest BCUT2D eigenvalue weighted by molar-refractivity contribution is 6.63. The minimum absolute atomic E-state index is 0.0244. The summed E-state index contributed by atoms with van der Waals surface area (Å²) in [4.78, 5) is 24.6.